The summed E-state index contributed by atoms with van der Waals surface area (Å²) in [7, 11) is 1.64. The number of hydrogen-bond donors (Lipinski definition) is 2. The maximum atomic E-state index is 14.0. The maximum absolute atomic E-state index is 14.0. The molecule has 0 saturated heterocycles. The Labute approximate surface area is 174 Å². The standard InChI is InChI=1S/C23H25FN2O4/c1-28-20-7-4-6-16-14(12-29-22(16)20)5-2-3-10-26-15-11-18-17(23(25)27)8-9-19(24)21(18)30-13-15/h4,6-9,12,15,26H,2-3,5,10-11,13H2,1H3,(H2,25,27). The van der Waals surface area contributed by atoms with E-state index in [0.29, 0.717) is 24.2 Å². The van der Waals surface area contributed by atoms with Crippen LogP contribution in [0, 0.1) is 5.82 Å². The fourth-order valence-electron chi connectivity index (χ4n) is 3.99. The van der Waals surface area contributed by atoms with Gasteiger partial charge in [0.1, 0.15) is 6.61 Å². The van der Waals surface area contributed by atoms with Gasteiger partial charge in [0.15, 0.2) is 22.9 Å². The van der Waals surface area contributed by atoms with Crippen LogP contribution in [0.4, 0.5) is 4.39 Å². The van der Waals surface area contributed by atoms with Crippen LogP contribution in [0.5, 0.6) is 11.5 Å². The predicted octanol–water partition coefficient (Wildman–Crippen LogP) is 3.60. The quantitative estimate of drug-likeness (QED) is 0.552. The molecule has 6 nitrogen and oxygen atoms in total. The van der Waals surface area contributed by atoms with Gasteiger partial charge in [0.05, 0.1) is 13.4 Å². The largest absolute Gasteiger partial charge is 0.493 e. The number of rotatable bonds is 8. The molecule has 2 heterocycles. The van der Waals surface area contributed by atoms with Crippen molar-refractivity contribution in [2.45, 2.75) is 31.7 Å². The maximum Gasteiger partial charge on any atom is 0.249 e. The highest BCUT2D eigenvalue weighted by molar-refractivity contribution is 5.95. The summed E-state index contributed by atoms with van der Waals surface area (Å²) in [6.45, 7) is 1.15. The fraction of sp³-hybridized carbons (Fsp3) is 0.348. The topological polar surface area (TPSA) is 86.7 Å². The SMILES string of the molecule is COc1cccc2c(CCCCNC3COc4c(F)ccc(C(N)=O)c4C3)coc12. The number of nitrogens with one attached hydrogen (secondary N) is 1. The Morgan fingerprint density at radius 3 is 2.97 bits per heavy atom. The van der Waals surface area contributed by atoms with Crippen LogP contribution in [0.15, 0.2) is 41.0 Å². The lowest BCUT2D eigenvalue weighted by atomic mass is 9.96. The number of fused-ring (bicyclic) bond motifs is 2. The summed E-state index contributed by atoms with van der Waals surface area (Å²) in [4.78, 5) is 11.6. The highest BCUT2D eigenvalue weighted by atomic mass is 19.1. The van der Waals surface area contributed by atoms with Gasteiger partial charge in [0.2, 0.25) is 5.91 Å². The Hall–Kier alpha value is -3.06. The minimum Gasteiger partial charge on any atom is -0.493 e. The van der Waals surface area contributed by atoms with Crippen molar-refractivity contribution in [1.29, 1.82) is 0 Å². The molecule has 158 valence electrons. The molecule has 0 radical (unpaired) electrons. The van der Waals surface area contributed by atoms with E-state index in [1.54, 1.807) is 13.4 Å². The van der Waals surface area contributed by atoms with Crippen molar-refractivity contribution in [2.75, 3.05) is 20.3 Å². The lowest BCUT2D eigenvalue weighted by molar-refractivity contribution is 0.0997. The second-order valence-corrected chi connectivity index (χ2v) is 7.49. The lowest BCUT2D eigenvalue weighted by Crippen LogP contribution is -2.40. The molecule has 0 fully saturated rings. The molecule has 1 atom stereocenters. The number of nitrogens with two attached hydrogens (primary N) is 1. The van der Waals surface area contributed by atoms with Gasteiger partial charge in [-0.05, 0) is 56.0 Å². The van der Waals surface area contributed by atoms with Gasteiger partial charge in [-0.2, -0.15) is 0 Å². The number of benzene rings is 2. The fourth-order valence-corrected chi connectivity index (χ4v) is 3.99. The number of ether oxygens (including phenoxy) is 2. The molecule has 2 aromatic carbocycles. The van der Waals surface area contributed by atoms with Gasteiger partial charge in [0.25, 0.3) is 0 Å². The number of primary amides is 1. The third-order valence-electron chi connectivity index (χ3n) is 5.53. The highest BCUT2D eigenvalue weighted by Gasteiger charge is 2.26. The van der Waals surface area contributed by atoms with Crippen molar-refractivity contribution in [3.05, 3.63) is 59.1 Å². The number of methoxy groups -OCH3 is 1. The van der Waals surface area contributed by atoms with E-state index in [4.69, 9.17) is 19.6 Å². The molecule has 0 spiro atoms. The first-order valence-electron chi connectivity index (χ1n) is 10.1. The third kappa shape index (κ3) is 3.98. The number of carbonyl (C=O) groups excluding carboxylic acids is 1. The van der Waals surface area contributed by atoms with Crippen molar-refractivity contribution in [2.24, 2.45) is 5.73 Å². The molecule has 30 heavy (non-hydrogen) atoms. The minimum atomic E-state index is -0.570. The van der Waals surface area contributed by atoms with Crippen LogP contribution in [0.1, 0.15) is 34.3 Å². The van der Waals surface area contributed by atoms with Crippen LogP contribution in [0.25, 0.3) is 11.0 Å². The molecule has 0 aliphatic carbocycles. The molecule has 1 aromatic heterocycles. The van der Waals surface area contributed by atoms with E-state index in [2.05, 4.69) is 5.32 Å². The average Bonchev–Trinajstić information content (AvgIpc) is 3.16. The molecule has 3 N–H and O–H groups in total. The minimum absolute atomic E-state index is 0.0106. The number of carbonyl (C=O) groups is 1. The van der Waals surface area contributed by atoms with Gasteiger partial charge in [0, 0.05) is 22.6 Å². The molecule has 1 aliphatic rings. The number of hydrogen-bond acceptors (Lipinski definition) is 5. The van der Waals surface area contributed by atoms with Gasteiger partial charge in [-0.15, -0.1) is 0 Å². The predicted molar refractivity (Wildman–Crippen MR) is 112 cm³/mol. The summed E-state index contributed by atoms with van der Waals surface area (Å²) in [6.07, 6.45) is 5.17. The first-order valence-corrected chi connectivity index (χ1v) is 10.1. The van der Waals surface area contributed by atoms with Crippen LogP contribution in [0.2, 0.25) is 0 Å². The van der Waals surface area contributed by atoms with Crippen LogP contribution in [-0.2, 0) is 12.8 Å². The molecule has 0 bridgehead atoms. The number of aryl methyl sites for hydroxylation is 1. The monoisotopic (exact) mass is 412 g/mol. The van der Waals surface area contributed by atoms with Crippen LogP contribution < -0.4 is 20.5 Å². The van der Waals surface area contributed by atoms with Crippen molar-refractivity contribution in [3.63, 3.8) is 0 Å². The Kier molecular flexibility index (Phi) is 5.90. The van der Waals surface area contributed by atoms with Crippen molar-refractivity contribution in [3.8, 4) is 11.5 Å². The average molecular weight is 412 g/mol. The number of unbranched alkanes of at least 4 members (excludes halogenated alkanes) is 1. The zero-order valence-corrected chi connectivity index (χ0v) is 16.9. The van der Waals surface area contributed by atoms with E-state index in [0.717, 1.165) is 42.5 Å². The molecule has 1 aliphatic heterocycles. The molecule has 7 heteroatoms. The normalized spacial score (nSPS) is 15.6. The first kappa shape index (κ1) is 20.2. The van der Waals surface area contributed by atoms with E-state index in [1.165, 1.54) is 17.7 Å². The molecule has 0 saturated carbocycles. The first-order chi connectivity index (χ1) is 14.6. The summed E-state index contributed by atoms with van der Waals surface area (Å²) < 4.78 is 30.6. The van der Waals surface area contributed by atoms with E-state index in [-0.39, 0.29) is 11.8 Å². The Balaban J connectivity index is 1.29. The van der Waals surface area contributed by atoms with E-state index in [9.17, 15) is 9.18 Å². The lowest BCUT2D eigenvalue weighted by Gasteiger charge is -2.27. The molecule has 4 rings (SSSR count). The number of amides is 1. The number of furan rings is 1. The smallest absolute Gasteiger partial charge is 0.249 e. The summed E-state index contributed by atoms with van der Waals surface area (Å²) >= 11 is 0. The summed E-state index contributed by atoms with van der Waals surface area (Å²) in [5, 5.41) is 4.52. The second-order valence-electron chi connectivity index (χ2n) is 7.49. The summed E-state index contributed by atoms with van der Waals surface area (Å²) in [5.41, 5.74) is 8.24. The van der Waals surface area contributed by atoms with Gasteiger partial charge in [-0.3, -0.25) is 4.79 Å². The zero-order chi connectivity index (χ0) is 21.1. The van der Waals surface area contributed by atoms with E-state index >= 15 is 0 Å². The van der Waals surface area contributed by atoms with Crippen LogP contribution >= 0.6 is 0 Å². The molecular weight excluding hydrogens is 387 g/mol. The van der Waals surface area contributed by atoms with Gasteiger partial charge in [-0.25, -0.2) is 4.39 Å². The highest BCUT2D eigenvalue weighted by Crippen LogP contribution is 2.31. The third-order valence-corrected chi connectivity index (χ3v) is 5.53. The molecule has 1 unspecified atom stereocenters. The van der Waals surface area contributed by atoms with Gasteiger partial charge >= 0.3 is 0 Å². The summed E-state index contributed by atoms with van der Waals surface area (Å²) in [6, 6.07) is 8.55. The van der Waals surface area contributed by atoms with Gasteiger partial charge < -0.3 is 24.9 Å². The van der Waals surface area contributed by atoms with Gasteiger partial charge in [-0.1, -0.05) is 12.1 Å². The zero-order valence-electron chi connectivity index (χ0n) is 16.9. The van der Waals surface area contributed by atoms with Crippen LogP contribution in [-0.4, -0.2) is 32.2 Å². The Morgan fingerprint density at radius 1 is 1.30 bits per heavy atom. The van der Waals surface area contributed by atoms with Crippen molar-refractivity contribution >= 4 is 16.9 Å². The second kappa shape index (κ2) is 8.75. The van der Waals surface area contributed by atoms with E-state index < -0.39 is 11.7 Å². The van der Waals surface area contributed by atoms with Crippen molar-refractivity contribution in [1.82, 2.24) is 5.32 Å². The molecule has 3 aromatic rings. The van der Waals surface area contributed by atoms with E-state index in [1.807, 2.05) is 18.2 Å². The molecule has 1 amide bonds. The number of para-hydroxylation sites is 1. The Bertz CT molecular complexity index is 1060. The Morgan fingerprint density at radius 2 is 2.17 bits per heavy atom. The number of halogens is 1. The summed E-state index contributed by atoms with van der Waals surface area (Å²) in [5.74, 6) is -0.145. The molecular formula is C23H25FN2O4. The van der Waals surface area contributed by atoms with Crippen LogP contribution in [0.3, 0.4) is 0 Å². The van der Waals surface area contributed by atoms with Crippen molar-refractivity contribution < 1.29 is 23.1 Å².